The van der Waals surface area contributed by atoms with Crippen LogP contribution in [0.5, 0.6) is 0 Å². The predicted molar refractivity (Wildman–Crippen MR) is 112 cm³/mol. The second kappa shape index (κ2) is 8.12. The molecule has 0 aromatic heterocycles. The lowest BCUT2D eigenvalue weighted by atomic mass is 10.0. The van der Waals surface area contributed by atoms with Crippen molar-refractivity contribution in [2.24, 2.45) is 0 Å². The van der Waals surface area contributed by atoms with Gasteiger partial charge in [0.25, 0.3) is 11.8 Å². The smallest absolute Gasteiger partial charge is 0.350 e. The maximum atomic E-state index is 13.4. The highest BCUT2D eigenvalue weighted by Crippen LogP contribution is 2.36. The fraction of sp³-hybridized carbons (Fsp3) is 0.0435. The number of hydrogen-bond acceptors (Lipinski definition) is 3. The summed E-state index contributed by atoms with van der Waals surface area (Å²) in [5.74, 6) is -2.06. The number of imide groups is 1. The van der Waals surface area contributed by atoms with Crippen molar-refractivity contribution >= 4 is 40.4 Å². The number of carbonyl (C=O) groups excluding carboxylic acids is 2. The van der Waals surface area contributed by atoms with Crippen molar-refractivity contribution in [2.45, 2.75) is 6.18 Å². The van der Waals surface area contributed by atoms with Gasteiger partial charge in [-0.15, -0.1) is 0 Å². The molecule has 1 aliphatic heterocycles. The van der Waals surface area contributed by atoms with Gasteiger partial charge >= 0.3 is 6.18 Å². The third-order valence-electron chi connectivity index (χ3n) is 4.74. The SMILES string of the molecule is O=C1C(Nc2cccc(C(F)(F)F)c2)=C(c2ccc(F)cc2)C(=O)N1c1cccc(Cl)c1. The fourth-order valence-corrected chi connectivity index (χ4v) is 3.48. The average molecular weight is 461 g/mol. The molecule has 162 valence electrons. The van der Waals surface area contributed by atoms with E-state index < -0.39 is 29.4 Å². The summed E-state index contributed by atoms with van der Waals surface area (Å²) in [4.78, 5) is 27.3. The van der Waals surface area contributed by atoms with Crippen LogP contribution in [-0.4, -0.2) is 11.8 Å². The van der Waals surface area contributed by atoms with Crippen LogP contribution in [0.3, 0.4) is 0 Å². The van der Waals surface area contributed by atoms with E-state index in [1.54, 1.807) is 12.1 Å². The molecular formula is C23H13ClF4N2O2. The number of halogens is 5. The molecule has 0 unspecified atom stereocenters. The summed E-state index contributed by atoms with van der Waals surface area (Å²) in [7, 11) is 0. The largest absolute Gasteiger partial charge is 0.416 e. The first-order valence-corrected chi connectivity index (χ1v) is 9.62. The number of alkyl halides is 3. The molecule has 1 heterocycles. The van der Waals surface area contributed by atoms with Gasteiger partial charge in [0.1, 0.15) is 11.5 Å². The Morgan fingerprint density at radius 1 is 0.844 bits per heavy atom. The number of nitrogens with zero attached hydrogens (tertiary/aromatic N) is 1. The molecule has 1 N–H and O–H groups in total. The topological polar surface area (TPSA) is 49.4 Å². The molecule has 3 aromatic carbocycles. The number of rotatable bonds is 4. The number of carbonyl (C=O) groups is 2. The van der Waals surface area contributed by atoms with Crippen LogP contribution >= 0.6 is 11.6 Å². The van der Waals surface area contributed by atoms with Crippen molar-refractivity contribution in [3.05, 3.63) is 100 Å². The molecule has 0 fully saturated rings. The third-order valence-corrected chi connectivity index (χ3v) is 4.98. The van der Waals surface area contributed by atoms with Crippen molar-refractivity contribution in [3.8, 4) is 0 Å². The van der Waals surface area contributed by atoms with Crippen LogP contribution in [-0.2, 0) is 15.8 Å². The predicted octanol–water partition coefficient (Wildman–Crippen LogP) is 5.89. The van der Waals surface area contributed by atoms with E-state index >= 15 is 0 Å². The van der Waals surface area contributed by atoms with Crippen molar-refractivity contribution in [1.29, 1.82) is 0 Å². The molecule has 4 nitrogen and oxygen atoms in total. The zero-order chi connectivity index (χ0) is 23.0. The van der Waals surface area contributed by atoms with Gasteiger partial charge in [0.15, 0.2) is 0 Å². The summed E-state index contributed by atoms with van der Waals surface area (Å²) in [6.45, 7) is 0. The molecular weight excluding hydrogens is 448 g/mol. The number of nitrogens with one attached hydrogen (secondary N) is 1. The van der Waals surface area contributed by atoms with Gasteiger partial charge in [-0.3, -0.25) is 9.59 Å². The number of hydrogen-bond donors (Lipinski definition) is 1. The van der Waals surface area contributed by atoms with Crippen LogP contribution in [0.4, 0.5) is 28.9 Å². The van der Waals surface area contributed by atoms with Crippen molar-refractivity contribution < 1.29 is 27.2 Å². The average Bonchev–Trinajstić information content (AvgIpc) is 2.98. The van der Waals surface area contributed by atoms with Crippen LogP contribution in [0.2, 0.25) is 5.02 Å². The molecule has 0 spiro atoms. The Bertz CT molecular complexity index is 1250. The molecule has 0 saturated carbocycles. The second-order valence-electron chi connectivity index (χ2n) is 6.89. The monoisotopic (exact) mass is 460 g/mol. The second-order valence-corrected chi connectivity index (χ2v) is 7.32. The fourth-order valence-electron chi connectivity index (χ4n) is 3.30. The highest BCUT2D eigenvalue weighted by Gasteiger charge is 2.40. The normalized spacial score (nSPS) is 14.3. The van der Waals surface area contributed by atoms with Gasteiger partial charge in [-0.05, 0) is 54.1 Å². The highest BCUT2D eigenvalue weighted by atomic mass is 35.5. The van der Waals surface area contributed by atoms with Crippen molar-refractivity contribution in [2.75, 3.05) is 10.2 Å². The molecule has 0 bridgehead atoms. The van der Waals surface area contributed by atoms with Crippen molar-refractivity contribution in [3.63, 3.8) is 0 Å². The highest BCUT2D eigenvalue weighted by molar-refractivity contribution is 6.46. The van der Waals surface area contributed by atoms with Crippen LogP contribution in [0.1, 0.15) is 11.1 Å². The van der Waals surface area contributed by atoms with Gasteiger partial charge < -0.3 is 5.32 Å². The maximum absolute atomic E-state index is 13.4. The van der Waals surface area contributed by atoms with E-state index in [2.05, 4.69) is 5.32 Å². The van der Waals surface area contributed by atoms with E-state index in [9.17, 15) is 27.2 Å². The molecule has 4 rings (SSSR count). The summed E-state index contributed by atoms with van der Waals surface area (Å²) >= 11 is 5.99. The lowest BCUT2D eigenvalue weighted by molar-refractivity contribution is -0.137. The minimum Gasteiger partial charge on any atom is -0.350 e. The number of amides is 2. The molecule has 3 aromatic rings. The molecule has 0 saturated heterocycles. The van der Waals surface area contributed by atoms with E-state index in [0.717, 1.165) is 29.2 Å². The molecule has 1 aliphatic rings. The van der Waals surface area contributed by atoms with Crippen LogP contribution in [0, 0.1) is 5.82 Å². The first kappa shape index (κ1) is 21.6. The Hall–Kier alpha value is -3.65. The number of benzene rings is 3. The zero-order valence-corrected chi connectivity index (χ0v) is 16.8. The first-order valence-electron chi connectivity index (χ1n) is 9.24. The Balaban J connectivity index is 1.82. The summed E-state index contributed by atoms with van der Waals surface area (Å²) in [6, 6.07) is 15.1. The minimum atomic E-state index is -4.59. The molecule has 9 heteroatoms. The summed E-state index contributed by atoms with van der Waals surface area (Å²) in [6.07, 6.45) is -4.59. The molecule has 32 heavy (non-hydrogen) atoms. The summed E-state index contributed by atoms with van der Waals surface area (Å²) in [5, 5.41) is 2.94. The van der Waals surface area contributed by atoms with Gasteiger partial charge in [-0.1, -0.05) is 35.9 Å². The van der Waals surface area contributed by atoms with E-state index in [1.165, 1.54) is 36.4 Å². The quantitative estimate of drug-likeness (QED) is 0.390. The molecule has 0 atom stereocenters. The lowest BCUT2D eigenvalue weighted by Crippen LogP contribution is -2.32. The Morgan fingerprint density at radius 3 is 2.19 bits per heavy atom. The van der Waals surface area contributed by atoms with Gasteiger partial charge in [0.05, 0.1) is 16.8 Å². The van der Waals surface area contributed by atoms with Crippen LogP contribution in [0.15, 0.2) is 78.5 Å². The van der Waals surface area contributed by atoms with Crippen LogP contribution in [0.25, 0.3) is 5.57 Å². The van der Waals surface area contributed by atoms with E-state index in [-0.39, 0.29) is 33.2 Å². The van der Waals surface area contributed by atoms with Gasteiger partial charge in [-0.25, -0.2) is 9.29 Å². The molecule has 0 aliphatic carbocycles. The minimum absolute atomic E-state index is 0.0384. The summed E-state index contributed by atoms with van der Waals surface area (Å²) < 4.78 is 52.7. The Labute approximate surface area is 184 Å². The zero-order valence-electron chi connectivity index (χ0n) is 16.1. The molecule has 0 radical (unpaired) electrons. The Kier molecular flexibility index (Phi) is 5.48. The van der Waals surface area contributed by atoms with E-state index in [1.807, 2.05) is 0 Å². The van der Waals surface area contributed by atoms with Crippen molar-refractivity contribution in [1.82, 2.24) is 0 Å². The Morgan fingerprint density at radius 2 is 1.53 bits per heavy atom. The standard InChI is InChI=1S/C23H13ClF4N2O2/c24-15-4-2-6-18(12-15)30-21(31)19(13-7-9-16(25)10-8-13)20(22(30)32)29-17-5-1-3-14(11-17)23(26,27)28/h1-12,29H. The maximum Gasteiger partial charge on any atom is 0.416 e. The van der Waals surface area contributed by atoms with Gasteiger partial charge in [0.2, 0.25) is 0 Å². The van der Waals surface area contributed by atoms with E-state index in [0.29, 0.717) is 0 Å². The summed E-state index contributed by atoms with van der Waals surface area (Å²) in [5.41, 5.74) is -0.886. The van der Waals surface area contributed by atoms with E-state index in [4.69, 9.17) is 11.6 Å². The van der Waals surface area contributed by atoms with Gasteiger partial charge in [-0.2, -0.15) is 13.2 Å². The number of anilines is 2. The lowest BCUT2D eigenvalue weighted by Gasteiger charge is -2.16. The first-order chi connectivity index (χ1) is 15.1. The third kappa shape index (κ3) is 4.09. The molecule has 2 amide bonds. The van der Waals surface area contributed by atoms with Gasteiger partial charge in [0, 0.05) is 10.7 Å². The van der Waals surface area contributed by atoms with Crippen LogP contribution < -0.4 is 10.2 Å².